The molecule has 0 saturated heterocycles. The van der Waals surface area contributed by atoms with Gasteiger partial charge in [-0.05, 0) is 76.0 Å². The Bertz CT molecular complexity index is 3930. The predicted octanol–water partition coefficient (Wildman–Crippen LogP) is 14.5. The zero-order chi connectivity index (χ0) is 42.1. The first-order valence-electron chi connectivity index (χ1n) is 21.5. The highest BCUT2D eigenvalue weighted by Gasteiger charge is 2.24. The minimum Gasteiger partial charge on any atom is -0.309 e. The van der Waals surface area contributed by atoms with Crippen molar-refractivity contribution in [1.82, 2.24) is 17.9 Å². The van der Waals surface area contributed by atoms with Gasteiger partial charge < -0.3 is 4.57 Å². The summed E-state index contributed by atoms with van der Waals surface area (Å²) < 4.78 is 14.7. The third-order valence-electron chi connectivity index (χ3n) is 12.7. The Morgan fingerprint density at radius 2 is 1.06 bits per heavy atom. The van der Waals surface area contributed by atoms with Crippen LogP contribution in [0.4, 0.5) is 0 Å². The molecule has 13 rings (SSSR count). The Hall–Kier alpha value is -8.26. The number of aliphatic imine (C=N–C) groups is 2. The molecule has 64 heavy (non-hydrogen) atoms. The van der Waals surface area contributed by atoms with E-state index in [-0.39, 0.29) is 0 Å². The molecule has 0 amide bonds. The molecule has 300 valence electrons. The molecule has 9 aromatic carbocycles. The molecule has 1 aliphatic heterocycles. The van der Waals surface area contributed by atoms with Crippen LogP contribution < -0.4 is 0 Å². The van der Waals surface area contributed by atoms with Crippen LogP contribution in [0.5, 0.6) is 0 Å². The highest BCUT2D eigenvalue weighted by molar-refractivity contribution is 7.00. The topological polar surface area (TPSA) is 60.4 Å². The molecule has 0 N–H and O–H groups in total. The number of fused-ring (bicyclic) bond motifs is 9. The van der Waals surface area contributed by atoms with Gasteiger partial charge in [0.2, 0.25) is 0 Å². The van der Waals surface area contributed by atoms with E-state index in [1.807, 2.05) is 6.07 Å². The molecule has 4 heterocycles. The number of aromatic nitrogens is 4. The molecular formula is C57H36N6S. The number of hydrogen-bond donors (Lipinski definition) is 0. The van der Waals surface area contributed by atoms with Gasteiger partial charge in [-0.2, -0.15) is 8.75 Å². The van der Waals surface area contributed by atoms with E-state index < -0.39 is 0 Å². The van der Waals surface area contributed by atoms with Gasteiger partial charge in [0.05, 0.1) is 45.2 Å². The number of para-hydroxylation sites is 3. The SMILES string of the molecule is C1=C(n2c3ccccc3c3cc(-c4cc5c(c6ccccc6n5-c5ccccc5-c5ccccc5)c5nsnc45)ccc32)N=C(c2ccc3ccccc3c2)N=C(c2ccccc2)C1. The quantitative estimate of drug-likeness (QED) is 0.167. The van der Waals surface area contributed by atoms with Crippen LogP contribution in [0.1, 0.15) is 17.5 Å². The van der Waals surface area contributed by atoms with Crippen LogP contribution >= 0.6 is 11.7 Å². The van der Waals surface area contributed by atoms with E-state index in [4.69, 9.17) is 18.7 Å². The largest absolute Gasteiger partial charge is 0.309 e. The van der Waals surface area contributed by atoms with Gasteiger partial charge in [-0.15, -0.1) is 0 Å². The molecule has 0 aliphatic carbocycles. The number of hydrogen-bond acceptors (Lipinski definition) is 5. The maximum Gasteiger partial charge on any atom is 0.161 e. The molecule has 0 unspecified atom stereocenters. The minimum absolute atomic E-state index is 0.627. The monoisotopic (exact) mass is 836 g/mol. The van der Waals surface area contributed by atoms with E-state index in [1.165, 1.54) is 28.2 Å². The summed E-state index contributed by atoms with van der Waals surface area (Å²) in [4.78, 5) is 10.7. The third kappa shape index (κ3) is 5.79. The molecule has 1 aliphatic rings. The van der Waals surface area contributed by atoms with E-state index in [0.29, 0.717) is 12.3 Å². The average molecular weight is 837 g/mol. The first-order valence-corrected chi connectivity index (χ1v) is 22.3. The molecular weight excluding hydrogens is 801 g/mol. The van der Waals surface area contributed by atoms with Crippen molar-refractivity contribution in [2.45, 2.75) is 6.42 Å². The minimum atomic E-state index is 0.627. The van der Waals surface area contributed by atoms with Gasteiger partial charge >= 0.3 is 0 Å². The smallest absolute Gasteiger partial charge is 0.161 e. The van der Waals surface area contributed by atoms with Crippen molar-refractivity contribution < 1.29 is 0 Å². The molecule has 7 heteroatoms. The number of rotatable bonds is 6. The molecule has 0 saturated carbocycles. The Kier molecular flexibility index (Phi) is 8.35. The van der Waals surface area contributed by atoms with Gasteiger partial charge in [0.1, 0.15) is 16.9 Å². The summed E-state index contributed by atoms with van der Waals surface area (Å²) in [5.41, 5.74) is 14.8. The van der Waals surface area contributed by atoms with Crippen LogP contribution in [-0.4, -0.2) is 29.4 Å². The first-order chi connectivity index (χ1) is 31.7. The summed E-state index contributed by atoms with van der Waals surface area (Å²) in [7, 11) is 0. The fourth-order valence-electron chi connectivity index (χ4n) is 9.73. The summed E-state index contributed by atoms with van der Waals surface area (Å²) in [6.07, 6.45) is 2.85. The van der Waals surface area contributed by atoms with Crippen molar-refractivity contribution in [2.75, 3.05) is 0 Å². The number of nitrogens with zero attached hydrogens (tertiary/aromatic N) is 6. The highest BCUT2D eigenvalue weighted by atomic mass is 32.1. The van der Waals surface area contributed by atoms with Gasteiger partial charge in [-0.3, -0.25) is 4.57 Å². The number of amidine groups is 1. The van der Waals surface area contributed by atoms with Crippen LogP contribution in [0.2, 0.25) is 0 Å². The van der Waals surface area contributed by atoms with Gasteiger partial charge in [-0.25, -0.2) is 9.98 Å². The zero-order valence-corrected chi connectivity index (χ0v) is 35.2. The van der Waals surface area contributed by atoms with Crippen molar-refractivity contribution >= 4 is 94.5 Å². The van der Waals surface area contributed by atoms with E-state index in [2.05, 4.69) is 209 Å². The molecule has 0 atom stereocenters. The van der Waals surface area contributed by atoms with Crippen LogP contribution in [0, 0.1) is 0 Å². The van der Waals surface area contributed by atoms with Crippen molar-refractivity contribution in [3.63, 3.8) is 0 Å². The van der Waals surface area contributed by atoms with Crippen LogP contribution in [-0.2, 0) is 0 Å². The summed E-state index contributed by atoms with van der Waals surface area (Å²) in [6, 6.07) is 71.2. The lowest BCUT2D eigenvalue weighted by Crippen LogP contribution is -2.05. The summed E-state index contributed by atoms with van der Waals surface area (Å²) in [6.45, 7) is 0. The fourth-order valence-corrected chi connectivity index (χ4v) is 10.3. The van der Waals surface area contributed by atoms with Crippen molar-refractivity contribution in [2.24, 2.45) is 9.98 Å². The molecule has 0 fully saturated rings. The summed E-state index contributed by atoms with van der Waals surface area (Å²) in [5.74, 6) is 1.53. The summed E-state index contributed by atoms with van der Waals surface area (Å²) in [5, 5.41) is 6.89. The molecule has 3 aromatic heterocycles. The van der Waals surface area contributed by atoms with Gasteiger partial charge in [0.25, 0.3) is 0 Å². The van der Waals surface area contributed by atoms with E-state index in [1.54, 1.807) is 0 Å². The summed E-state index contributed by atoms with van der Waals surface area (Å²) >= 11 is 1.27. The Labute approximate surface area is 372 Å². The second kappa shape index (κ2) is 14.7. The van der Waals surface area contributed by atoms with E-state index in [0.717, 1.165) is 99.5 Å². The van der Waals surface area contributed by atoms with Gasteiger partial charge in [0, 0.05) is 44.7 Å². The normalized spacial score (nSPS) is 13.2. The first kappa shape index (κ1) is 36.4. The lowest BCUT2D eigenvalue weighted by Gasteiger charge is -2.14. The van der Waals surface area contributed by atoms with Crippen molar-refractivity contribution in [3.05, 3.63) is 217 Å². The Morgan fingerprint density at radius 1 is 0.406 bits per heavy atom. The van der Waals surface area contributed by atoms with Crippen LogP contribution in [0.3, 0.4) is 0 Å². The third-order valence-corrected chi connectivity index (χ3v) is 13.2. The zero-order valence-electron chi connectivity index (χ0n) is 34.4. The van der Waals surface area contributed by atoms with Crippen molar-refractivity contribution in [3.8, 4) is 27.9 Å². The van der Waals surface area contributed by atoms with Gasteiger partial charge in [0.15, 0.2) is 5.84 Å². The van der Waals surface area contributed by atoms with Crippen LogP contribution in [0.25, 0.3) is 99.2 Å². The molecule has 6 nitrogen and oxygen atoms in total. The number of allylic oxidation sites excluding steroid dienone is 1. The Balaban J connectivity index is 1.02. The lowest BCUT2D eigenvalue weighted by atomic mass is 9.99. The average Bonchev–Trinajstić information content (AvgIpc) is 4.02. The lowest BCUT2D eigenvalue weighted by molar-refractivity contribution is 1.16. The molecule has 0 radical (unpaired) electrons. The molecule has 0 spiro atoms. The number of benzene rings is 9. The maximum atomic E-state index is 5.44. The molecule has 0 bridgehead atoms. The van der Waals surface area contributed by atoms with E-state index in [9.17, 15) is 0 Å². The van der Waals surface area contributed by atoms with Crippen LogP contribution in [0.15, 0.2) is 216 Å². The van der Waals surface area contributed by atoms with Crippen molar-refractivity contribution in [1.29, 1.82) is 0 Å². The second-order valence-electron chi connectivity index (χ2n) is 16.3. The maximum absolute atomic E-state index is 5.44. The standard InChI is InChI=1S/C57H36N6S/c1-3-16-37(17-4-1)42-21-9-12-24-48(42)62-50-26-14-11-23-44(50)54-52(62)35-45(55-56(54)61-64-60-55)40-29-31-51-46(34-40)43-22-10-13-25-49(43)63(51)53-32-30-47(38-18-5-2-6-19-38)58-57(59-53)41-28-27-36-15-7-8-20-39(36)33-41/h1-29,31-35H,30H2. The van der Waals surface area contributed by atoms with Gasteiger partial charge in [-0.1, -0.05) is 158 Å². The Morgan fingerprint density at radius 3 is 1.91 bits per heavy atom. The predicted molar refractivity (Wildman–Crippen MR) is 268 cm³/mol. The fraction of sp³-hybridized carbons (Fsp3) is 0.0175. The highest BCUT2D eigenvalue weighted by Crippen LogP contribution is 2.44. The van der Waals surface area contributed by atoms with E-state index >= 15 is 0 Å². The second-order valence-corrected chi connectivity index (χ2v) is 16.8. The molecule has 12 aromatic rings.